The van der Waals surface area contributed by atoms with Gasteiger partial charge in [-0.05, 0) is 48.7 Å². The summed E-state index contributed by atoms with van der Waals surface area (Å²) in [5.74, 6) is -0.212. The van der Waals surface area contributed by atoms with E-state index in [9.17, 15) is 14.7 Å². The molecule has 0 radical (unpaired) electrons. The van der Waals surface area contributed by atoms with Gasteiger partial charge in [0, 0.05) is 6.54 Å². The Balaban J connectivity index is 2.07. The molecule has 0 saturated carbocycles. The lowest BCUT2D eigenvalue weighted by Crippen LogP contribution is -2.29. The van der Waals surface area contributed by atoms with Crippen molar-refractivity contribution in [1.29, 1.82) is 0 Å². The Labute approximate surface area is 156 Å². The van der Waals surface area contributed by atoms with E-state index in [0.717, 1.165) is 11.1 Å². The van der Waals surface area contributed by atoms with E-state index in [0.29, 0.717) is 22.1 Å². The molecule has 1 aliphatic heterocycles. The Morgan fingerprint density at radius 2 is 2.00 bits per heavy atom. The molecule has 3 aromatic rings. The molecule has 0 fully saturated rings. The van der Waals surface area contributed by atoms with Crippen LogP contribution in [-0.2, 0) is 0 Å². The van der Waals surface area contributed by atoms with Crippen LogP contribution in [0.25, 0.3) is 11.0 Å². The number of fused-ring (bicyclic) bond motifs is 2. The molecule has 1 aliphatic rings. The highest BCUT2D eigenvalue weighted by Gasteiger charge is 2.42. The first-order valence-electron chi connectivity index (χ1n) is 8.71. The Hall–Kier alpha value is -3.34. The number of carbonyl (C=O) groups excluding carboxylic acids is 1. The Morgan fingerprint density at radius 1 is 1.22 bits per heavy atom. The molecule has 1 aromatic heterocycles. The number of rotatable bonds is 3. The van der Waals surface area contributed by atoms with E-state index in [1.165, 1.54) is 0 Å². The SMILES string of the molecule is C=CCN1C(=O)c2oc3c(C)cc(C)cc3c(=O)c2[C@H]1c1cccc(O)c1. The van der Waals surface area contributed by atoms with Gasteiger partial charge in [0.1, 0.15) is 11.3 Å². The van der Waals surface area contributed by atoms with Crippen molar-refractivity contribution in [3.05, 3.63) is 87.3 Å². The normalized spacial score (nSPS) is 16.0. The maximum Gasteiger partial charge on any atom is 0.291 e. The summed E-state index contributed by atoms with van der Waals surface area (Å²) < 4.78 is 5.95. The average molecular weight is 361 g/mol. The second kappa shape index (κ2) is 6.13. The van der Waals surface area contributed by atoms with Crippen molar-refractivity contribution in [3.63, 3.8) is 0 Å². The van der Waals surface area contributed by atoms with Crippen LogP contribution in [0.5, 0.6) is 5.75 Å². The van der Waals surface area contributed by atoms with Crippen molar-refractivity contribution in [3.8, 4) is 5.75 Å². The lowest BCUT2D eigenvalue weighted by molar-refractivity contribution is 0.0748. The molecule has 5 heteroatoms. The summed E-state index contributed by atoms with van der Waals surface area (Å²) in [6.07, 6.45) is 1.61. The van der Waals surface area contributed by atoms with Crippen LogP contribution < -0.4 is 5.43 Å². The van der Waals surface area contributed by atoms with Gasteiger partial charge >= 0.3 is 0 Å². The minimum Gasteiger partial charge on any atom is -0.508 e. The summed E-state index contributed by atoms with van der Waals surface area (Å²) in [6, 6.07) is 9.67. The topological polar surface area (TPSA) is 70.8 Å². The van der Waals surface area contributed by atoms with E-state index in [-0.39, 0.29) is 29.4 Å². The number of nitrogens with zero attached hydrogens (tertiary/aromatic N) is 1. The lowest BCUT2D eigenvalue weighted by atomic mass is 9.97. The van der Waals surface area contributed by atoms with E-state index in [1.54, 1.807) is 41.3 Å². The number of carbonyl (C=O) groups is 1. The molecule has 0 spiro atoms. The molecule has 1 atom stereocenters. The molecule has 1 amide bonds. The molecule has 4 rings (SSSR count). The van der Waals surface area contributed by atoms with Gasteiger partial charge in [0.15, 0.2) is 5.43 Å². The summed E-state index contributed by atoms with van der Waals surface area (Å²) in [6.45, 7) is 7.76. The van der Waals surface area contributed by atoms with Crippen LogP contribution in [-0.4, -0.2) is 22.5 Å². The molecule has 2 heterocycles. The number of amides is 1. The quantitative estimate of drug-likeness (QED) is 0.720. The first-order chi connectivity index (χ1) is 12.9. The second-order valence-corrected chi connectivity index (χ2v) is 6.88. The van der Waals surface area contributed by atoms with Crippen LogP contribution in [0.2, 0.25) is 0 Å². The minimum absolute atomic E-state index is 0.0645. The second-order valence-electron chi connectivity index (χ2n) is 6.88. The number of phenols is 1. The van der Waals surface area contributed by atoms with E-state index in [1.807, 2.05) is 19.9 Å². The summed E-state index contributed by atoms with van der Waals surface area (Å²) in [5.41, 5.74) is 2.95. The Bertz CT molecular complexity index is 1160. The molecular formula is C22H19NO4. The summed E-state index contributed by atoms with van der Waals surface area (Å²) >= 11 is 0. The van der Waals surface area contributed by atoms with Gasteiger partial charge in [-0.2, -0.15) is 0 Å². The molecule has 27 heavy (non-hydrogen) atoms. The van der Waals surface area contributed by atoms with Gasteiger partial charge in [-0.3, -0.25) is 9.59 Å². The van der Waals surface area contributed by atoms with Gasteiger partial charge in [0.05, 0.1) is 17.0 Å². The van der Waals surface area contributed by atoms with Crippen molar-refractivity contribution < 1.29 is 14.3 Å². The molecule has 2 aromatic carbocycles. The van der Waals surface area contributed by atoms with Crippen molar-refractivity contribution in [2.24, 2.45) is 0 Å². The Kier molecular flexibility index (Phi) is 3.88. The van der Waals surface area contributed by atoms with Gasteiger partial charge in [0.2, 0.25) is 5.76 Å². The number of aromatic hydroxyl groups is 1. The third-order valence-electron chi connectivity index (χ3n) is 4.91. The molecule has 0 aliphatic carbocycles. The fourth-order valence-corrected chi connectivity index (χ4v) is 3.84. The molecule has 0 saturated heterocycles. The monoisotopic (exact) mass is 361 g/mol. The van der Waals surface area contributed by atoms with Gasteiger partial charge in [-0.1, -0.05) is 24.3 Å². The summed E-state index contributed by atoms with van der Waals surface area (Å²) in [4.78, 5) is 27.9. The van der Waals surface area contributed by atoms with E-state index < -0.39 is 6.04 Å². The predicted octanol–water partition coefficient (Wildman–Crippen LogP) is 3.85. The van der Waals surface area contributed by atoms with Gasteiger partial charge in [0.25, 0.3) is 5.91 Å². The van der Waals surface area contributed by atoms with Crippen molar-refractivity contribution in [1.82, 2.24) is 4.90 Å². The number of aryl methyl sites for hydroxylation is 2. The van der Waals surface area contributed by atoms with Crippen molar-refractivity contribution >= 4 is 16.9 Å². The average Bonchev–Trinajstić information content (AvgIpc) is 2.89. The fourth-order valence-electron chi connectivity index (χ4n) is 3.84. The molecule has 1 N–H and O–H groups in total. The molecule has 5 nitrogen and oxygen atoms in total. The highest BCUT2D eigenvalue weighted by Crippen LogP contribution is 2.39. The Morgan fingerprint density at radius 3 is 2.70 bits per heavy atom. The zero-order valence-electron chi connectivity index (χ0n) is 15.2. The van der Waals surface area contributed by atoms with Crippen LogP contribution in [0.4, 0.5) is 0 Å². The largest absolute Gasteiger partial charge is 0.508 e. The fraction of sp³-hybridized carbons (Fsp3) is 0.182. The number of phenolic OH excluding ortho intramolecular Hbond substituents is 1. The number of hydrogen-bond donors (Lipinski definition) is 1. The summed E-state index contributed by atoms with van der Waals surface area (Å²) in [7, 11) is 0. The summed E-state index contributed by atoms with van der Waals surface area (Å²) in [5, 5.41) is 10.4. The zero-order chi connectivity index (χ0) is 19.3. The van der Waals surface area contributed by atoms with E-state index >= 15 is 0 Å². The molecule has 0 unspecified atom stereocenters. The van der Waals surface area contributed by atoms with Gasteiger partial charge in [-0.25, -0.2) is 0 Å². The maximum atomic E-state index is 13.4. The van der Waals surface area contributed by atoms with Crippen LogP contribution in [0.1, 0.15) is 38.9 Å². The third-order valence-corrected chi connectivity index (χ3v) is 4.91. The first-order valence-corrected chi connectivity index (χ1v) is 8.71. The molecular weight excluding hydrogens is 342 g/mol. The first kappa shape index (κ1) is 17.1. The third kappa shape index (κ3) is 2.54. The molecule has 136 valence electrons. The number of hydrogen-bond acceptors (Lipinski definition) is 4. The van der Waals surface area contributed by atoms with Crippen LogP contribution in [0.15, 0.2) is 58.3 Å². The maximum absolute atomic E-state index is 13.4. The van der Waals surface area contributed by atoms with Crippen molar-refractivity contribution in [2.45, 2.75) is 19.9 Å². The van der Waals surface area contributed by atoms with Crippen LogP contribution in [0, 0.1) is 13.8 Å². The van der Waals surface area contributed by atoms with Crippen LogP contribution >= 0.6 is 0 Å². The van der Waals surface area contributed by atoms with Gasteiger partial charge < -0.3 is 14.4 Å². The van der Waals surface area contributed by atoms with E-state index in [4.69, 9.17) is 4.42 Å². The lowest BCUT2D eigenvalue weighted by Gasteiger charge is -2.23. The highest BCUT2D eigenvalue weighted by molar-refractivity contribution is 5.99. The zero-order valence-corrected chi connectivity index (χ0v) is 15.2. The van der Waals surface area contributed by atoms with Gasteiger partial charge in [-0.15, -0.1) is 6.58 Å². The van der Waals surface area contributed by atoms with Crippen LogP contribution in [0.3, 0.4) is 0 Å². The van der Waals surface area contributed by atoms with E-state index in [2.05, 4.69) is 6.58 Å². The smallest absolute Gasteiger partial charge is 0.291 e. The molecule has 0 bridgehead atoms. The standard InChI is InChI=1S/C22H19NO4/c1-4-8-23-18(14-6-5-7-15(24)11-14)17-19(25)16-10-12(2)9-13(3)20(16)27-21(17)22(23)26/h4-7,9-11,18,24H,1,8H2,2-3H3/t18-/m1/s1. The minimum atomic E-state index is -0.626. The highest BCUT2D eigenvalue weighted by atomic mass is 16.3. The predicted molar refractivity (Wildman–Crippen MR) is 103 cm³/mol. The number of benzene rings is 2. The van der Waals surface area contributed by atoms with Crippen molar-refractivity contribution in [2.75, 3.05) is 6.54 Å².